The van der Waals surface area contributed by atoms with Crippen LogP contribution < -0.4 is 15.2 Å². The van der Waals surface area contributed by atoms with Gasteiger partial charge in [-0.1, -0.05) is 12.1 Å². The predicted molar refractivity (Wildman–Crippen MR) is 61.3 cm³/mol. The van der Waals surface area contributed by atoms with E-state index >= 15 is 0 Å². The number of hydrogen-bond donors (Lipinski definition) is 1. The number of nitrogens with zero attached hydrogens (tertiary/aromatic N) is 3. The first-order valence-corrected chi connectivity index (χ1v) is 5.39. The second-order valence-electron chi connectivity index (χ2n) is 3.72. The zero-order chi connectivity index (χ0) is 11.8. The van der Waals surface area contributed by atoms with Crippen LogP contribution in [0.2, 0.25) is 0 Å². The summed E-state index contributed by atoms with van der Waals surface area (Å²) in [6.45, 7) is 2.28. The van der Waals surface area contributed by atoms with Crippen LogP contribution in [0.5, 0.6) is 11.5 Å². The normalized spacial score (nSPS) is 13.0. The number of nitrogen functional groups attached to an aromatic ring is 1. The van der Waals surface area contributed by atoms with E-state index in [0.29, 0.717) is 5.82 Å². The first-order chi connectivity index (χ1) is 8.29. The van der Waals surface area contributed by atoms with Gasteiger partial charge in [-0.05, 0) is 18.6 Å². The summed E-state index contributed by atoms with van der Waals surface area (Å²) in [5.41, 5.74) is 7.51. The minimum absolute atomic E-state index is 0.263. The topological polar surface area (TPSA) is 75.2 Å². The lowest BCUT2D eigenvalue weighted by Gasteiger charge is -2.05. The van der Waals surface area contributed by atoms with Crippen molar-refractivity contribution in [1.29, 1.82) is 0 Å². The van der Waals surface area contributed by atoms with E-state index in [2.05, 4.69) is 10.3 Å². The zero-order valence-electron chi connectivity index (χ0n) is 9.38. The number of fused-ring (bicyclic) bond motifs is 1. The van der Waals surface area contributed by atoms with Gasteiger partial charge < -0.3 is 15.2 Å². The third-order valence-corrected chi connectivity index (χ3v) is 2.73. The minimum Gasteiger partial charge on any atom is -0.454 e. The van der Waals surface area contributed by atoms with Crippen LogP contribution in [0.1, 0.15) is 12.6 Å². The maximum absolute atomic E-state index is 5.75. The van der Waals surface area contributed by atoms with Crippen LogP contribution in [0.25, 0.3) is 5.69 Å². The minimum atomic E-state index is 0.263. The molecular formula is C11H12N4O2. The molecule has 0 atom stereocenters. The molecule has 1 aromatic heterocycles. The Hall–Kier alpha value is -2.24. The zero-order valence-corrected chi connectivity index (χ0v) is 9.38. The molecule has 0 unspecified atom stereocenters. The third-order valence-electron chi connectivity index (χ3n) is 2.73. The van der Waals surface area contributed by atoms with Crippen molar-refractivity contribution >= 4 is 5.82 Å². The number of anilines is 1. The van der Waals surface area contributed by atoms with Gasteiger partial charge in [0, 0.05) is 6.07 Å². The average molecular weight is 232 g/mol. The molecule has 0 fully saturated rings. The van der Waals surface area contributed by atoms with Crippen molar-refractivity contribution in [2.45, 2.75) is 13.3 Å². The van der Waals surface area contributed by atoms with Crippen LogP contribution in [-0.2, 0) is 6.42 Å². The van der Waals surface area contributed by atoms with Crippen molar-refractivity contribution in [1.82, 2.24) is 15.0 Å². The number of nitrogens with two attached hydrogens (primary N) is 1. The smallest absolute Gasteiger partial charge is 0.231 e. The Labute approximate surface area is 97.9 Å². The number of hydrogen-bond acceptors (Lipinski definition) is 5. The van der Waals surface area contributed by atoms with Gasteiger partial charge in [0.1, 0.15) is 0 Å². The lowest BCUT2D eigenvalue weighted by Crippen LogP contribution is -2.02. The van der Waals surface area contributed by atoms with Gasteiger partial charge in [0.2, 0.25) is 6.79 Å². The molecule has 2 aromatic rings. The molecule has 17 heavy (non-hydrogen) atoms. The van der Waals surface area contributed by atoms with Gasteiger partial charge in [-0.3, -0.25) is 0 Å². The molecule has 3 rings (SSSR count). The Bertz CT molecular complexity index is 565. The molecule has 0 radical (unpaired) electrons. The Morgan fingerprint density at radius 1 is 1.35 bits per heavy atom. The van der Waals surface area contributed by atoms with Crippen LogP contribution in [0.15, 0.2) is 18.2 Å². The molecule has 1 aliphatic rings. The van der Waals surface area contributed by atoms with Gasteiger partial charge >= 0.3 is 0 Å². The SMILES string of the molecule is CCc1c(N)nnn1-c1ccc2c(c1)OCO2. The highest BCUT2D eigenvalue weighted by atomic mass is 16.7. The number of aromatic nitrogens is 3. The van der Waals surface area contributed by atoms with E-state index < -0.39 is 0 Å². The first-order valence-electron chi connectivity index (χ1n) is 5.39. The largest absolute Gasteiger partial charge is 0.454 e. The maximum atomic E-state index is 5.75. The predicted octanol–water partition coefficient (Wildman–Crippen LogP) is 1.14. The molecule has 1 aromatic carbocycles. The fourth-order valence-corrected chi connectivity index (χ4v) is 1.87. The summed E-state index contributed by atoms with van der Waals surface area (Å²) in [5.74, 6) is 1.93. The van der Waals surface area contributed by atoms with E-state index in [4.69, 9.17) is 15.2 Å². The molecule has 0 bridgehead atoms. The van der Waals surface area contributed by atoms with Gasteiger partial charge in [-0.2, -0.15) is 0 Å². The van der Waals surface area contributed by atoms with Crippen molar-refractivity contribution in [2.75, 3.05) is 12.5 Å². The van der Waals surface area contributed by atoms with Gasteiger partial charge in [-0.25, -0.2) is 4.68 Å². The summed E-state index contributed by atoms with van der Waals surface area (Å²) in [4.78, 5) is 0. The second-order valence-corrected chi connectivity index (χ2v) is 3.72. The van der Waals surface area contributed by atoms with Gasteiger partial charge in [0.05, 0.1) is 11.4 Å². The van der Waals surface area contributed by atoms with Crippen molar-refractivity contribution in [3.8, 4) is 17.2 Å². The summed E-state index contributed by atoms with van der Waals surface area (Å²) >= 11 is 0. The molecule has 0 amide bonds. The van der Waals surface area contributed by atoms with E-state index in [1.165, 1.54) is 0 Å². The van der Waals surface area contributed by atoms with E-state index in [0.717, 1.165) is 29.3 Å². The molecule has 1 aliphatic heterocycles. The molecule has 0 spiro atoms. The Morgan fingerprint density at radius 3 is 3.00 bits per heavy atom. The molecule has 0 saturated carbocycles. The molecular weight excluding hydrogens is 220 g/mol. The van der Waals surface area contributed by atoms with E-state index in [1.807, 2.05) is 25.1 Å². The van der Waals surface area contributed by atoms with Crippen molar-refractivity contribution in [3.05, 3.63) is 23.9 Å². The van der Waals surface area contributed by atoms with Crippen LogP contribution in [0.3, 0.4) is 0 Å². The molecule has 6 heteroatoms. The van der Waals surface area contributed by atoms with Gasteiger partial charge in [-0.15, -0.1) is 5.10 Å². The molecule has 6 nitrogen and oxygen atoms in total. The molecule has 2 heterocycles. The summed E-state index contributed by atoms with van der Waals surface area (Å²) < 4.78 is 12.3. The Balaban J connectivity index is 2.09. The lowest BCUT2D eigenvalue weighted by molar-refractivity contribution is 0.174. The third kappa shape index (κ3) is 1.49. The average Bonchev–Trinajstić information content (AvgIpc) is 2.93. The second kappa shape index (κ2) is 3.65. The van der Waals surface area contributed by atoms with Gasteiger partial charge in [0.25, 0.3) is 0 Å². The van der Waals surface area contributed by atoms with Crippen molar-refractivity contribution in [3.63, 3.8) is 0 Å². The quantitative estimate of drug-likeness (QED) is 0.840. The van der Waals surface area contributed by atoms with E-state index in [9.17, 15) is 0 Å². The van der Waals surface area contributed by atoms with Gasteiger partial charge in [0.15, 0.2) is 17.3 Å². The summed E-state index contributed by atoms with van der Waals surface area (Å²) in [6, 6.07) is 5.63. The van der Waals surface area contributed by atoms with Crippen LogP contribution in [0, 0.1) is 0 Å². The summed E-state index contributed by atoms with van der Waals surface area (Å²) in [7, 11) is 0. The highest BCUT2D eigenvalue weighted by molar-refractivity contribution is 5.51. The Morgan fingerprint density at radius 2 is 2.18 bits per heavy atom. The maximum Gasteiger partial charge on any atom is 0.231 e. The van der Waals surface area contributed by atoms with E-state index in [1.54, 1.807) is 4.68 Å². The standard InChI is InChI=1S/C11H12N4O2/c1-2-8-11(12)13-14-15(8)7-3-4-9-10(5-7)17-6-16-9/h3-5H,2,6,12H2,1H3. The van der Waals surface area contributed by atoms with Crippen LogP contribution in [0.4, 0.5) is 5.82 Å². The summed E-state index contributed by atoms with van der Waals surface area (Å²) in [6.07, 6.45) is 0.771. The highest BCUT2D eigenvalue weighted by Crippen LogP contribution is 2.33. The molecule has 88 valence electrons. The first kappa shape index (κ1) is 9.95. The lowest BCUT2D eigenvalue weighted by atomic mass is 10.2. The number of ether oxygens (including phenoxy) is 2. The monoisotopic (exact) mass is 232 g/mol. The highest BCUT2D eigenvalue weighted by Gasteiger charge is 2.16. The molecule has 0 aliphatic carbocycles. The number of benzene rings is 1. The van der Waals surface area contributed by atoms with Crippen LogP contribution >= 0.6 is 0 Å². The Kier molecular flexibility index (Phi) is 2.14. The fourth-order valence-electron chi connectivity index (χ4n) is 1.87. The molecule has 2 N–H and O–H groups in total. The van der Waals surface area contributed by atoms with Crippen LogP contribution in [-0.4, -0.2) is 21.8 Å². The summed E-state index contributed by atoms with van der Waals surface area (Å²) in [5, 5.41) is 7.90. The molecule has 0 saturated heterocycles. The fraction of sp³-hybridized carbons (Fsp3) is 0.273. The van der Waals surface area contributed by atoms with Crippen molar-refractivity contribution in [2.24, 2.45) is 0 Å². The van der Waals surface area contributed by atoms with E-state index in [-0.39, 0.29) is 6.79 Å². The van der Waals surface area contributed by atoms with Crippen molar-refractivity contribution < 1.29 is 9.47 Å². The number of rotatable bonds is 2.